The molecule has 162 valence electrons. The maximum Gasteiger partial charge on any atom is 0.317 e. The van der Waals surface area contributed by atoms with Gasteiger partial charge < -0.3 is 5.32 Å². The number of hydrazine groups is 1. The number of alkyl halides is 2. The van der Waals surface area contributed by atoms with Crippen LogP contribution in [0.15, 0.2) is 30.6 Å². The molecule has 0 radical (unpaired) electrons. The number of rotatable bonds is 5. The van der Waals surface area contributed by atoms with Gasteiger partial charge in [0.2, 0.25) is 5.95 Å². The molecule has 2 amide bonds. The van der Waals surface area contributed by atoms with Gasteiger partial charge >= 0.3 is 12.3 Å². The van der Waals surface area contributed by atoms with E-state index in [1.807, 2.05) is 25.3 Å². The Hall–Kier alpha value is -2.52. The van der Waals surface area contributed by atoms with Gasteiger partial charge in [0, 0.05) is 22.4 Å². The first-order valence-corrected chi connectivity index (χ1v) is 10.0. The Kier molecular flexibility index (Phi) is 8.31. The van der Waals surface area contributed by atoms with Crippen LogP contribution >= 0.6 is 23.2 Å². The van der Waals surface area contributed by atoms with Crippen LogP contribution in [0.5, 0.6) is 0 Å². The fourth-order valence-corrected chi connectivity index (χ4v) is 3.43. The van der Waals surface area contributed by atoms with Crippen molar-refractivity contribution in [2.75, 3.05) is 5.32 Å². The van der Waals surface area contributed by atoms with Crippen LogP contribution < -0.4 is 16.2 Å². The van der Waals surface area contributed by atoms with E-state index in [2.05, 4.69) is 15.3 Å². The summed E-state index contributed by atoms with van der Waals surface area (Å²) < 4.78 is 24.2. The Bertz CT molecular complexity index is 893. The van der Waals surface area contributed by atoms with Crippen LogP contribution in [-0.4, -0.2) is 28.2 Å². The Morgan fingerprint density at radius 2 is 1.73 bits per heavy atom. The van der Waals surface area contributed by atoms with Gasteiger partial charge in [-0.3, -0.25) is 20.4 Å². The molecule has 1 aromatic heterocycles. The molecule has 2 aromatic rings. The number of anilines is 1. The van der Waals surface area contributed by atoms with Crippen LogP contribution in [0.2, 0.25) is 10.0 Å². The van der Waals surface area contributed by atoms with E-state index in [9.17, 15) is 18.4 Å². The highest BCUT2D eigenvalue weighted by atomic mass is 35.5. The molecule has 0 unspecified atom stereocenters. The number of amides is 2. The van der Waals surface area contributed by atoms with Crippen molar-refractivity contribution in [3.8, 4) is 0 Å². The van der Waals surface area contributed by atoms with Crippen molar-refractivity contribution < 1.29 is 18.4 Å². The topological polar surface area (TPSA) is 96.0 Å². The molecule has 1 aliphatic carbocycles. The minimum atomic E-state index is -3.23. The number of nitrogens with zero attached hydrogens (tertiary/aromatic N) is 2. The van der Waals surface area contributed by atoms with E-state index >= 15 is 0 Å². The standard InChI is InChI=1S/C17H15Cl2F2N5O2.C2H6/c18-10-2-3-11(12(19)6-10)17(4-1-5-17)24-16-22-7-9(8-23-16)14(27)25-26-15(28)13(20)21;1-2/h2-3,6-8,13H,1,4-5H2,(H,25,27)(H,26,28)(H,22,23,24);1-2H3. The third-order valence-corrected chi connectivity index (χ3v) is 4.96. The van der Waals surface area contributed by atoms with Gasteiger partial charge in [0.05, 0.1) is 11.1 Å². The first-order chi connectivity index (χ1) is 14.3. The predicted molar refractivity (Wildman–Crippen MR) is 111 cm³/mol. The smallest absolute Gasteiger partial charge is 0.317 e. The molecule has 1 fully saturated rings. The molecule has 1 aromatic carbocycles. The molecule has 11 heteroatoms. The molecule has 0 saturated heterocycles. The summed E-state index contributed by atoms with van der Waals surface area (Å²) in [5.41, 5.74) is 3.90. The SMILES string of the molecule is CC.O=C(NNC(=O)C(F)F)c1cnc(NC2(c3ccc(Cl)cc3Cl)CCC2)nc1. The highest BCUT2D eigenvalue weighted by Crippen LogP contribution is 2.46. The van der Waals surface area contributed by atoms with E-state index in [1.165, 1.54) is 12.4 Å². The Morgan fingerprint density at radius 1 is 1.10 bits per heavy atom. The van der Waals surface area contributed by atoms with Crippen LogP contribution in [0.25, 0.3) is 0 Å². The lowest BCUT2D eigenvalue weighted by molar-refractivity contribution is -0.132. The van der Waals surface area contributed by atoms with Crippen molar-refractivity contribution in [2.45, 2.75) is 45.1 Å². The van der Waals surface area contributed by atoms with Crippen LogP contribution in [0.4, 0.5) is 14.7 Å². The highest BCUT2D eigenvalue weighted by Gasteiger charge is 2.40. The van der Waals surface area contributed by atoms with Gasteiger partial charge in [0.15, 0.2) is 0 Å². The van der Waals surface area contributed by atoms with Crippen LogP contribution in [0, 0.1) is 0 Å². The summed E-state index contributed by atoms with van der Waals surface area (Å²) >= 11 is 12.3. The number of hydrogen-bond donors (Lipinski definition) is 3. The number of halogens is 4. The zero-order chi connectivity index (χ0) is 22.3. The second-order valence-corrected chi connectivity index (χ2v) is 7.07. The zero-order valence-corrected chi connectivity index (χ0v) is 17.8. The van der Waals surface area contributed by atoms with Crippen LogP contribution in [0.1, 0.15) is 49.0 Å². The van der Waals surface area contributed by atoms with Gasteiger partial charge in [-0.15, -0.1) is 0 Å². The molecule has 1 saturated carbocycles. The van der Waals surface area contributed by atoms with E-state index in [1.54, 1.807) is 17.6 Å². The van der Waals surface area contributed by atoms with Gasteiger partial charge in [-0.25, -0.2) is 9.97 Å². The highest BCUT2D eigenvalue weighted by molar-refractivity contribution is 6.35. The summed E-state index contributed by atoms with van der Waals surface area (Å²) in [5, 5.41) is 4.32. The quantitative estimate of drug-likeness (QED) is 0.578. The molecule has 30 heavy (non-hydrogen) atoms. The molecular weight excluding hydrogens is 439 g/mol. The lowest BCUT2D eigenvalue weighted by Gasteiger charge is -2.43. The zero-order valence-electron chi connectivity index (χ0n) is 16.3. The van der Waals surface area contributed by atoms with E-state index < -0.39 is 23.8 Å². The molecule has 1 aliphatic rings. The van der Waals surface area contributed by atoms with Gasteiger partial charge in [-0.1, -0.05) is 43.1 Å². The first kappa shape index (κ1) is 23.8. The van der Waals surface area contributed by atoms with Gasteiger partial charge in [0.1, 0.15) is 0 Å². The monoisotopic (exact) mass is 459 g/mol. The first-order valence-electron chi connectivity index (χ1n) is 9.25. The lowest BCUT2D eigenvalue weighted by Crippen LogP contribution is -2.44. The molecule has 0 atom stereocenters. The van der Waals surface area contributed by atoms with Gasteiger partial charge in [-0.2, -0.15) is 8.78 Å². The second-order valence-electron chi connectivity index (χ2n) is 6.22. The van der Waals surface area contributed by atoms with Crippen molar-refractivity contribution in [1.29, 1.82) is 0 Å². The van der Waals surface area contributed by atoms with E-state index in [4.69, 9.17) is 23.2 Å². The minimum Gasteiger partial charge on any atom is -0.345 e. The summed E-state index contributed by atoms with van der Waals surface area (Å²) in [6, 6.07) is 5.28. The summed E-state index contributed by atoms with van der Waals surface area (Å²) in [5.74, 6) is -2.15. The molecule has 7 nitrogen and oxygen atoms in total. The molecule has 3 N–H and O–H groups in total. The van der Waals surface area contributed by atoms with Gasteiger partial charge in [-0.05, 0) is 37.0 Å². The normalized spacial score (nSPS) is 14.1. The van der Waals surface area contributed by atoms with Crippen molar-refractivity contribution in [1.82, 2.24) is 20.8 Å². The largest absolute Gasteiger partial charge is 0.345 e. The molecule has 1 heterocycles. The average molecular weight is 460 g/mol. The molecule has 0 spiro atoms. The Balaban J connectivity index is 0.00000155. The van der Waals surface area contributed by atoms with Crippen molar-refractivity contribution >= 4 is 41.0 Å². The molecule has 0 aliphatic heterocycles. The van der Waals surface area contributed by atoms with Crippen LogP contribution in [0.3, 0.4) is 0 Å². The fourth-order valence-electron chi connectivity index (χ4n) is 2.84. The summed E-state index contributed by atoms with van der Waals surface area (Å²) in [6.07, 6.45) is 1.83. The van der Waals surface area contributed by atoms with E-state index in [0.29, 0.717) is 10.0 Å². The maximum atomic E-state index is 12.1. The number of carbonyl (C=O) groups is 2. The van der Waals surface area contributed by atoms with E-state index in [-0.39, 0.29) is 11.5 Å². The number of carbonyl (C=O) groups excluding carboxylic acids is 2. The maximum absolute atomic E-state index is 12.1. The Morgan fingerprint density at radius 3 is 2.23 bits per heavy atom. The van der Waals surface area contributed by atoms with Crippen molar-refractivity contribution in [3.05, 3.63) is 51.8 Å². The van der Waals surface area contributed by atoms with Crippen molar-refractivity contribution in [2.24, 2.45) is 0 Å². The number of benzene rings is 1. The number of aromatic nitrogens is 2. The number of nitrogens with one attached hydrogen (secondary N) is 3. The molecular formula is C19H21Cl2F2N5O2. The fraction of sp³-hybridized carbons (Fsp3) is 0.368. The summed E-state index contributed by atoms with van der Waals surface area (Å²) in [4.78, 5) is 30.8. The Labute approximate surface area is 182 Å². The lowest BCUT2D eigenvalue weighted by atomic mass is 9.72. The summed E-state index contributed by atoms with van der Waals surface area (Å²) in [7, 11) is 0. The van der Waals surface area contributed by atoms with E-state index in [0.717, 1.165) is 24.8 Å². The molecule has 0 bridgehead atoms. The van der Waals surface area contributed by atoms with Crippen molar-refractivity contribution in [3.63, 3.8) is 0 Å². The second kappa shape index (κ2) is 10.5. The third kappa shape index (κ3) is 5.54. The number of hydrogen-bond acceptors (Lipinski definition) is 5. The minimum absolute atomic E-state index is 0.00713. The predicted octanol–water partition coefficient (Wildman–Crippen LogP) is 4.33. The molecule has 3 rings (SSSR count). The average Bonchev–Trinajstić information content (AvgIpc) is 2.71. The summed E-state index contributed by atoms with van der Waals surface area (Å²) in [6.45, 7) is 4.00. The van der Waals surface area contributed by atoms with Crippen LogP contribution in [-0.2, 0) is 10.3 Å². The van der Waals surface area contributed by atoms with Gasteiger partial charge in [0.25, 0.3) is 5.91 Å². The third-order valence-electron chi connectivity index (χ3n) is 4.42.